The molecule has 1 aromatic rings. The zero-order valence-corrected chi connectivity index (χ0v) is 11.3. The van der Waals surface area contributed by atoms with Gasteiger partial charge in [0.1, 0.15) is 5.82 Å². The molecule has 1 aliphatic rings. The van der Waals surface area contributed by atoms with Gasteiger partial charge in [-0.05, 0) is 41.2 Å². The molecule has 1 aliphatic heterocycles. The highest BCUT2D eigenvalue weighted by molar-refractivity contribution is 9.10. The molecule has 1 heterocycles. The Kier molecular flexibility index (Phi) is 4.36. The van der Waals surface area contributed by atoms with Crippen molar-refractivity contribution in [2.45, 2.75) is 6.10 Å². The maximum atomic E-state index is 12.9. The van der Waals surface area contributed by atoms with Crippen LogP contribution in [-0.4, -0.2) is 44.3 Å². The van der Waals surface area contributed by atoms with E-state index in [-0.39, 0.29) is 11.9 Å². The molecule has 1 N–H and O–H groups in total. The van der Waals surface area contributed by atoms with Crippen LogP contribution in [0.25, 0.3) is 0 Å². The molecular weight excluding hydrogens is 287 g/mol. The van der Waals surface area contributed by atoms with Gasteiger partial charge in [-0.25, -0.2) is 4.39 Å². The van der Waals surface area contributed by atoms with E-state index in [1.165, 1.54) is 12.1 Å². The molecule has 94 valence electrons. The lowest BCUT2D eigenvalue weighted by molar-refractivity contribution is -0.0117. The second-order valence-corrected chi connectivity index (χ2v) is 5.11. The molecule has 1 atom stereocenters. The lowest BCUT2D eigenvalue weighted by Gasteiger charge is -2.30. The second-order valence-electron chi connectivity index (χ2n) is 4.26. The first-order chi connectivity index (χ1) is 8.15. The lowest BCUT2D eigenvalue weighted by Crippen LogP contribution is -2.43. The van der Waals surface area contributed by atoms with Crippen molar-refractivity contribution >= 4 is 21.6 Å². The summed E-state index contributed by atoms with van der Waals surface area (Å²) in [6, 6.07) is 4.63. The van der Waals surface area contributed by atoms with Gasteiger partial charge in [0.25, 0.3) is 0 Å². The number of likely N-dealkylation sites (N-methyl/N-ethyl adjacent to an activating group) is 1. The van der Waals surface area contributed by atoms with E-state index in [0.717, 1.165) is 36.4 Å². The Morgan fingerprint density at radius 2 is 2.41 bits per heavy atom. The number of hydrogen-bond donors (Lipinski definition) is 1. The van der Waals surface area contributed by atoms with Gasteiger partial charge in [-0.2, -0.15) is 0 Å². The number of rotatable bonds is 3. The van der Waals surface area contributed by atoms with Gasteiger partial charge in [-0.15, -0.1) is 0 Å². The van der Waals surface area contributed by atoms with Crippen molar-refractivity contribution in [3.63, 3.8) is 0 Å². The lowest BCUT2D eigenvalue weighted by atomic mass is 10.2. The zero-order chi connectivity index (χ0) is 12.3. The first-order valence-electron chi connectivity index (χ1n) is 5.64. The molecule has 1 fully saturated rings. The van der Waals surface area contributed by atoms with Gasteiger partial charge in [0.2, 0.25) is 0 Å². The fourth-order valence-corrected chi connectivity index (χ4v) is 2.34. The third-order valence-corrected chi connectivity index (χ3v) is 3.45. The minimum absolute atomic E-state index is 0.186. The van der Waals surface area contributed by atoms with Crippen LogP contribution in [0.1, 0.15) is 0 Å². The van der Waals surface area contributed by atoms with Crippen LogP contribution >= 0.6 is 15.9 Å². The summed E-state index contributed by atoms with van der Waals surface area (Å²) in [5.41, 5.74) is 0.892. The van der Waals surface area contributed by atoms with Crippen molar-refractivity contribution in [1.82, 2.24) is 4.90 Å². The Morgan fingerprint density at radius 1 is 1.59 bits per heavy atom. The molecule has 0 saturated carbocycles. The number of hydrogen-bond acceptors (Lipinski definition) is 3. The van der Waals surface area contributed by atoms with E-state index < -0.39 is 0 Å². The molecule has 0 aliphatic carbocycles. The molecule has 1 saturated heterocycles. The van der Waals surface area contributed by atoms with Crippen LogP contribution < -0.4 is 5.32 Å². The van der Waals surface area contributed by atoms with Crippen LogP contribution in [0.15, 0.2) is 22.7 Å². The molecule has 0 radical (unpaired) electrons. The highest BCUT2D eigenvalue weighted by Crippen LogP contribution is 2.23. The van der Waals surface area contributed by atoms with E-state index in [1.807, 2.05) is 0 Å². The number of halogens is 2. The van der Waals surface area contributed by atoms with Gasteiger partial charge >= 0.3 is 0 Å². The molecule has 2 rings (SSSR count). The van der Waals surface area contributed by atoms with Gasteiger partial charge in [-0.1, -0.05) is 0 Å². The fraction of sp³-hybridized carbons (Fsp3) is 0.500. The minimum Gasteiger partial charge on any atom is -0.381 e. The van der Waals surface area contributed by atoms with Gasteiger partial charge in [0.15, 0.2) is 0 Å². The predicted molar refractivity (Wildman–Crippen MR) is 69.8 cm³/mol. The molecule has 3 nitrogen and oxygen atoms in total. The third kappa shape index (κ3) is 3.66. The number of ether oxygens (including phenoxy) is 1. The van der Waals surface area contributed by atoms with Crippen LogP contribution in [-0.2, 0) is 4.74 Å². The molecule has 0 amide bonds. The Balaban J connectivity index is 1.88. The van der Waals surface area contributed by atoms with Crippen molar-refractivity contribution in [3.05, 3.63) is 28.5 Å². The van der Waals surface area contributed by atoms with Crippen LogP contribution in [0.5, 0.6) is 0 Å². The van der Waals surface area contributed by atoms with E-state index in [4.69, 9.17) is 4.74 Å². The van der Waals surface area contributed by atoms with E-state index in [1.54, 1.807) is 6.07 Å². The first-order valence-corrected chi connectivity index (χ1v) is 6.43. The Morgan fingerprint density at radius 3 is 3.12 bits per heavy atom. The van der Waals surface area contributed by atoms with Crippen LogP contribution in [0.4, 0.5) is 10.1 Å². The fourth-order valence-electron chi connectivity index (χ4n) is 1.85. The number of anilines is 1. The molecule has 1 unspecified atom stereocenters. The predicted octanol–water partition coefficient (Wildman–Crippen LogP) is 2.33. The van der Waals surface area contributed by atoms with E-state index in [2.05, 4.69) is 33.2 Å². The summed E-state index contributed by atoms with van der Waals surface area (Å²) >= 11 is 3.33. The van der Waals surface area contributed by atoms with Gasteiger partial charge < -0.3 is 15.0 Å². The number of nitrogens with zero attached hydrogens (tertiary/aromatic N) is 1. The van der Waals surface area contributed by atoms with Crippen LogP contribution in [0.2, 0.25) is 0 Å². The average Bonchev–Trinajstić information content (AvgIpc) is 2.28. The zero-order valence-electron chi connectivity index (χ0n) is 9.75. The van der Waals surface area contributed by atoms with Crippen molar-refractivity contribution in [2.24, 2.45) is 0 Å². The molecule has 5 heteroatoms. The number of benzene rings is 1. The summed E-state index contributed by atoms with van der Waals surface area (Å²) in [6.07, 6.45) is 0.186. The standard InChI is InChI=1S/C12H16BrFN2O/c1-16-4-5-17-10(8-16)7-15-12-3-2-9(14)6-11(12)13/h2-3,6,10,15H,4-5,7-8H2,1H3. The quantitative estimate of drug-likeness (QED) is 0.927. The monoisotopic (exact) mass is 302 g/mol. The van der Waals surface area contributed by atoms with Gasteiger partial charge in [0, 0.05) is 29.8 Å². The van der Waals surface area contributed by atoms with Crippen LogP contribution in [0, 0.1) is 5.82 Å². The third-order valence-electron chi connectivity index (χ3n) is 2.79. The molecule has 0 aromatic heterocycles. The maximum absolute atomic E-state index is 12.9. The normalized spacial score (nSPS) is 21.5. The molecule has 17 heavy (non-hydrogen) atoms. The van der Waals surface area contributed by atoms with Crippen molar-refractivity contribution in [3.8, 4) is 0 Å². The van der Waals surface area contributed by atoms with Gasteiger partial charge in [0.05, 0.1) is 12.7 Å². The highest BCUT2D eigenvalue weighted by atomic mass is 79.9. The molecule has 0 spiro atoms. The van der Waals surface area contributed by atoms with E-state index >= 15 is 0 Å². The number of morpholine rings is 1. The minimum atomic E-state index is -0.240. The van der Waals surface area contributed by atoms with Crippen molar-refractivity contribution < 1.29 is 9.13 Å². The van der Waals surface area contributed by atoms with Crippen molar-refractivity contribution in [1.29, 1.82) is 0 Å². The Hall–Kier alpha value is -0.650. The number of nitrogens with one attached hydrogen (secondary N) is 1. The molecular formula is C12H16BrFN2O. The second kappa shape index (κ2) is 5.80. The SMILES string of the molecule is CN1CCOC(CNc2ccc(F)cc2Br)C1. The average molecular weight is 303 g/mol. The summed E-state index contributed by atoms with van der Waals surface area (Å²) in [5, 5.41) is 3.27. The summed E-state index contributed by atoms with van der Waals surface area (Å²) in [6.45, 7) is 3.41. The Labute approximate surface area is 109 Å². The summed E-state index contributed by atoms with van der Waals surface area (Å²) in [4.78, 5) is 2.25. The smallest absolute Gasteiger partial charge is 0.124 e. The Bertz CT molecular complexity index is 389. The summed E-state index contributed by atoms with van der Waals surface area (Å²) < 4.78 is 19.3. The largest absolute Gasteiger partial charge is 0.381 e. The molecule has 1 aromatic carbocycles. The maximum Gasteiger partial charge on any atom is 0.124 e. The summed E-state index contributed by atoms with van der Waals surface area (Å²) in [5.74, 6) is -0.240. The highest BCUT2D eigenvalue weighted by Gasteiger charge is 2.17. The summed E-state index contributed by atoms with van der Waals surface area (Å²) in [7, 11) is 2.09. The van der Waals surface area contributed by atoms with Gasteiger partial charge in [-0.3, -0.25) is 0 Å². The van der Waals surface area contributed by atoms with Crippen molar-refractivity contribution in [2.75, 3.05) is 38.6 Å². The van der Waals surface area contributed by atoms with E-state index in [9.17, 15) is 4.39 Å². The molecule has 0 bridgehead atoms. The first kappa shape index (κ1) is 12.8. The topological polar surface area (TPSA) is 24.5 Å². The van der Waals surface area contributed by atoms with E-state index in [0.29, 0.717) is 0 Å². The van der Waals surface area contributed by atoms with Crippen LogP contribution in [0.3, 0.4) is 0 Å².